The highest BCUT2D eigenvalue weighted by Crippen LogP contribution is 2.22. The van der Waals surface area contributed by atoms with E-state index in [0.717, 1.165) is 17.6 Å². The molecule has 0 aromatic carbocycles. The molecule has 2 aromatic heterocycles. The minimum atomic E-state index is 0.327. The van der Waals surface area contributed by atoms with Crippen LogP contribution in [0.25, 0.3) is 11.0 Å². The standard InChI is InChI=1S/C12H21N7/c1-4-7(2)5-8(3)15-10-9-6-14-19-11(9)17-12(16-10)18-13/h6-8H,4-5,13H2,1-3H3,(H3,14,15,16,17,18,19). The quantitative estimate of drug-likeness (QED) is 0.468. The molecule has 0 aliphatic carbocycles. The highest BCUT2D eigenvalue weighted by atomic mass is 15.3. The number of nitrogens with two attached hydrogens (primary N) is 1. The first kappa shape index (κ1) is 13.5. The Kier molecular flexibility index (Phi) is 4.16. The Morgan fingerprint density at radius 2 is 2.16 bits per heavy atom. The van der Waals surface area contributed by atoms with Gasteiger partial charge in [0, 0.05) is 6.04 Å². The molecule has 0 amide bonds. The normalized spacial score (nSPS) is 14.3. The summed E-state index contributed by atoms with van der Waals surface area (Å²) in [5.41, 5.74) is 3.13. The zero-order chi connectivity index (χ0) is 13.8. The van der Waals surface area contributed by atoms with Crippen LogP contribution in [-0.2, 0) is 0 Å². The smallest absolute Gasteiger partial charge is 0.241 e. The monoisotopic (exact) mass is 263 g/mol. The molecule has 2 heterocycles. The van der Waals surface area contributed by atoms with E-state index >= 15 is 0 Å². The van der Waals surface area contributed by atoms with Crippen molar-refractivity contribution in [3.05, 3.63) is 6.20 Å². The minimum absolute atomic E-state index is 0.327. The Balaban J connectivity index is 2.21. The predicted octanol–water partition coefficient (Wildman–Crippen LogP) is 1.88. The first-order chi connectivity index (χ1) is 9.13. The van der Waals surface area contributed by atoms with Crippen molar-refractivity contribution in [1.29, 1.82) is 0 Å². The van der Waals surface area contributed by atoms with Crippen LogP contribution in [0.2, 0.25) is 0 Å². The van der Waals surface area contributed by atoms with Crippen molar-refractivity contribution in [2.24, 2.45) is 11.8 Å². The number of hydrogen-bond acceptors (Lipinski definition) is 6. The molecule has 2 rings (SSSR count). The van der Waals surface area contributed by atoms with Gasteiger partial charge in [-0.3, -0.25) is 10.5 Å². The molecule has 0 spiro atoms. The lowest BCUT2D eigenvalue weighted by Gasteiger charge is -2.18. The molecule has 2 aromatic rings. The number of aromatic nitrogens is 4. The van der Waals surface area contributed by atoms with Crippen LogP contribution in [0.4, 0.5) is 11.8 Å². The number of anilines is 2. The molecule has 7 heteroatoms. The van der Waals surface area contributed by atoms with Crippen molar-refractivity contribution in [3.63, 3.8) is 0 Å². The molecular weight excluding hydrogens is 242 g/mol. The number of hydrazine groups is 1. The van der Waals surface area contributed by atoms with Gasteiger partial charge in [0.25, 0.3) is 0 Å². The van der Waals surface area contributed by atoms with Gasteiger partial charge >= 0.3 is 0 Å². The van der Waals surface area contributed by atoms with Crippen LogP contribution in [0.3, 0.4) is 0 Å². The number of aromatic amines is 1. The maximum absolute atomic E-state index is 5.37. The van der Waals surface area contributed by atoms with Crippen LogP contribution < -0.4 is 16.6 Å². The zero-order valence-electron chi connectivity index (χ0n) is 11.6. The van der Waals surface area contributed by atoms with Crippen LogP contribution in [0.5, 0.6) is 0 Å². The summed E-state index contributed by atoms with van der Waals surface area (Å²) in [7, 11) is 0. The highest BCUT2D eigenvalue weighted by Gasteiger charge is 2.13. The summed E-state index contributed by atoms with van der Waals surface area (Å²) in [6, 6.07) is 0.327. The average Bonchev–Trinajstić information content (AvgIpc) is 2.86. The number of nitrogen functional groups attached to an aromatic ring is 1. The van der Waals surface area contributed by atoms with Gasteiger partial charge in [0.05, 0.1) is 11.6 Å². The Hall–Kier alpha value is -1.89. The predicted molar refractivity (Wildman–Crippen MR) is 76.7 cm³/mol. The van der Waals surface area contributed by atoms with Crippen molar-refractivity contribution >= 4 is 22.8 Å². The average molecular weight is 263 g/mol. The van der Waals surface area contributed by atoms with Crippen molar-refractivity contribution in [1.82, 2.24) is 20.2 Å². The lowest BCUT2D eigenvalue weighted by molar-refractivity contribution is 0.483. The molecule has 19 heavy (non-hydrogen) atoms. The van der Waals surface area contributed by atoms with Gasteiger partial charge in [0.1, 0.15) is 5.82 Å². The fraction of sp³-hybridized carbons (Fsp3) is 0.583. The van der Waals surface area contributed by atoms with E-state index in [-0.39, 0.29) is 0 Å². The summed E-state index contributed by atoms with van der Waals surface area (Å²) >= 11 is 0. The summed E-state index contributed by atoms with van der Waals surface area (Å²) in [5, 5.41) is 11.1. The van der Waals surface area contributed by atoms with Crippen molar-refractivity contribution in [3.8, 4) is 0 Å². The number of nitrogens with zero attached hydrogens (tertiary/aromatic N) is 3. The van der Waals surface area contributed by atoms with Gasteiger partial charge in [0.15, 0.2) is 5.65 Å². The van der Waals surface area contributed by atoms with Crippen LogP contribution in [0, 0.1) is 5.92 Å². The fourth-order valence-electron chi connectivity index (χ4n) is 2.07. The molecule has 0 radical (unpaired) electrons. The minimum Gasteiger partial charge on any atom is -0.367 e. The van der Waals surface area contributed by atoms with Gasteiger partial charge in [-0.1, -0.05) is 20.3 Å². The maximum atomic E-state index is 5.37. The molecule has 0 fully saturated rings. The van der Waals surface area contributed by atoms with Gasteiger partial charge < -0.3 is 5.32 Å². The summed E-state index contributed by atoms with van der Waals surface area (Å²) in [6.45, 7) is 6.60. The fourth-order valence-corrected chi connectivity index (χ4v) is 2.07. The topological polar surface area (TPSA) is 105 Å². The second kappa shape index (κ2) is 5.83. The number of fused-ring (bicyclic) bond motifs is 1. The molecule has 5 N–H and O–H groups in total. The first-order valence-electron chi connectivity index (χ1n) is 6.58. The van der Waals surface area contributed by atoms with Crippen molar-refractivity contribution < 1.29 is 0 Å². The molecule has 2 unspecified atom stereocenters. The molecule has 0 bridgehead atoms. The number of nitrogens with one attached hydrogen (secondary N) is 3. The van der Waals surface area contributed by atoms with Crippen molar-refractivity contribution in [2.45, 2.75) is 39.7 Å². The van der Waals surface area contributed by atoms with E-state index in [1.54, 1.807) is 6.20 Å². The lowest BCUT2D eigenvalue weighted by atomic mass is 10.0. The van der Waals surface area contributed by atoms with E-state index in [1.165, 1.54) is 6.42 Å². The van der Waals surface area contributed by atoms with E-state index in [4.69, 9.17) is 5.84 Å². The van der Waals surface area contributed by atoms with Gasteiger partial charge in [-0.2, -0.15) is 15.1 Å². The highest BCUT2D eigenvalue weighted by molar-refractivity contribution is 5.87. The van der Waals surface area contributed by atoms with Crippen LogP contribution in [0.1, 0.15) is 33.6 Å². The Labute approximate surface area is 112 Å². The van der Waals surface area contributed by atoms with Crippen LogP contribution >= 0.6 is 0 Å². The number of rotatable bonds is 6. The second-order valence-electron chi connectivity index (χ2n) is 4.97. The third-order valence-electron chi connectivity index (χ3n) is 3.27. The van der Waals surface area contributed by atoms with E-state index in [9.17, 15) is 0 Å². The van der Waals surface area contributed by atoms with E-state index in [2.05, 4.69) is 51.7 Å². The summed E-state index contributed by atoms with van der Waals surface area (Å²) in [4.78, 5) is 8.54. The van der Waals surface area contributed by atoms with Crippen molar-refractivity contribution in [2.75, 3.05) is 10.7 Å². The van der Waals surface area contributed by atoms with Gasteiger partial charge in [-0.05, 0) is 19.3 Å². The molecule has 0 saturated carbocycles. The molecule has 104 valence electrons. The third-order valence-corrected chi connectivity index (χ3v) is 3.27. The number of hydrogen-bond donors (Lipinski definition) is 4. The molecule has 2 atom stereocenters. The lowest BCUT2D eigenvalue weighted by Crippen LogP contribution is -2.20. The third kappa shape index (κ3) is 3.11. The first-order valence-corrected chi connectivity index (χ1v) is 6.58. The second-order valence-corrected chi connectivity index (χ2v) is 4.97. The van der Waals surface area contributed by atoms with Gasteiger partial charge in [-0.15, -0.1) is 0 Å². The largest absolute Gasteiger partial charge is 0.367 e. The molecule has 7 nitrogen and oxygen atoms in total. The van der Waals surface area contributed by atoms with Gasteiger partial charge in [0.2, 0.25) is 5.95 Å². The molecular formula is C12H21N7. The Morgan fingerprint density at radius 1 is 1.37 bits per heavy atom. The van der Waals surface area contributed by atoms with E-state index < -0.39 is 0 Å². The van der Waals surface area contributed by atoms with E-state index in [0.29, 0.717) is 23.6 Å². The molecule has 0 aliphatic rings. The van der Waals surface area contributed by atoms with Gasteiger partial charge in [-0.25, -0.2) is 5.84 Å². The maximum Gasteiger partial charge on any atom is 0.241 e. The molecule has 0 saturated heterocycles. The van der Waals surface area contributed by atoms with E-state index in [1.807, 2.05) is 0 Å². The van der Waals surface area contributed by atoms with Crippen LogP contribution in [-0.4, -0.2) is 26.2 Å². The zero-order valence-corrected chi connectivity index (χ0v) is 11.6. The Morgan fingerprint density at radius 3 is 2.84 bits per heavy atom. The summed E-state index contributed by atoms with van der Waals surface area (Å²) < 4.78 is 0. The van der Waals surface area contributed by atoms with Crippen LogP contribution in [0.15, 0.2) is 6.20 Å². The SMILES string of the molecule is CCC(C)CC(C)Nc1nc(NN)nc2[nH]ncc12. The summed E-state index contributed by atoms with van der Waals surface area (Å²) in [6.07, 6.45) is 3.98. The summed E-state index contributed by atoms with van der Waals surface area (Å²) in [5.74, 6) is 7.17. The Bertz CT molecular complexity index is 536. The number of H-pyrrole nitrogens is 1. The molecule has 0 aliphatic heterocycles.